The van der Waals surface area contributed by atoms with Crippen LogP contribution in [0.2, 0.25) is 0 Å². The number of carbonyl (C=O) groups excluding carboxylic acids is 2. The van der Waals surface area contributed by atoms with Gasteiger partial charge in [0, 0.05) is 18.4 Å². The molecule has 9 heteroatoms. The Balaban J connectivity index is 1.56. The van der Waals surface area contributed by atoms with Crippen molar-refractivity contribution in [2.45, 2.75) is 25.0 Å². The first kappa shape index (κ1) is 19.8. The van der Waals surface area contributed by atoms with Gasteiger partial charge >= 0.3 is 0 Å². The van der Waals surface area contributed by atoms with Gasteiger partial charge in [0.15, 0.2) is 0 Å². The number of carbonyl (C=O) groups is 2. The molecule has 2 atom stereocenters. The summed E-state index contributed by atoms with van der Waals surface area (Å²) in [5, 5.41) is 5.37. The third kappa shape index (κ3) is 3.84. The molecule has 0 saturated carbocycles. The fourth-order valence-corrected chi connectivity index (χ4v) is 3.86. The van der Waals surface area contributed by atoms with Gasteiger partial charge in [-0.3, -0.25) is 14.5 Å². The van der Waals surface area contributed by atoms with Gasteiger partial charge < -0.3 is 15.4 Å². The van der Waals surface area contributed by atoms with Gasteiger partial charge in [-0.2, -0.15) is 4.39 Å². The average Bonchev–Trinajstić information content (AvgIpc) is 2.72. The topological polar surface area (TPSA) is 70.7 Å². The van der Waals surface area contributed by atoms with Gasteiger partial charge in [-0.05, 0) is 52.5 Å². The molecule has 0 spiro atoms. The summed E-state index contributed by atoms with van der Waals surface area (Å²) in [5.41, 5.74) is 0.859. The van der Waals surface area contributed by atoms with E-state index in [2.05, 4.69) is 26.6 Å². The first-order valence-corrected chi connectivity index (χ1v) is 9.96. The van der Waals surface area contributed by atoms with Gasteiger partial charge in [0.1, 0.15) is 16.5 Å². The first-order valence-electron chi connectivity index (χ1n) is 9.17. The third-order valence-electron chi connectivity index (χ3n) is 5.02. The van der Waals surface area contributed by atoms with Crippen LogP contribution in [0.4, 0.5) is 8.78 Å². The summed E-state index contributed by atoms with van der Waals surface area (Å²) >= 11 is 2.92. The van der Waals surface area contributed by atoms with Crippen LogP contribution in [0.1, 0.15) is 28.8 Å². The molecule has 1 saturated heterocycles. The zero-order valence-electron chi connectivity index (χ0n) is 15.3. The van der Waals surface area contributed by atoms with E-state index >= 15 is 0 Å². The quantitative estimate of drug-likeness (QED) is 0.673. The van der Waals surface area contributed by atoms with Crippen LogP contribution >= 0.6 is 15.9 Å². The van der Waals surface area contributed by atoms with E-state index in [1.165, 1.54) is 23.2 Å². The molecule has 4 rings (SSSR count). The molecule has 2 amide bonds. The minimum atomic E-state index is -0.813. The van der Waals surface area contributed by atoms with Gasteiger partial charge in [0.05, 0.1) is 18.2 Å². The third-order valence-corrected chi connectivity index (χ3v) is 5.70. The van der Waals surface area contributed by atoms with Crippen LogP contribution in [-0.4, -0.2) is 42.1 Å². The number of allylic oxidation sites excluding steroid dienone is 2. The van der Waals surface area contributed by atoms with E-state index in [-0.39, 0.29) is 16.1 Å². The first-order chi connectivity index (χ1) is 14.0. The van der Waals surface area contributed by atoms with Gasteiger partial charge in [0.25, 0.3) is 11.8 Å². The molecule has 6 nitrogen and oxygen atoms in total. The van der Waals surface area contributed by atoms with E-state index in [4.69, 9.17) is 4.74 Å². The van der Waals surface area contributed by atoms with E-state index in [0.29, 0.717) is 24.4 Å². The fourth-order valence-electron chi connectivity index (χ4n) is 3.54. The van der Waals surface area contributed by atoms with Crippen molar-refractivity contribution in [1.29, 1.82) is 0 Å². The lowest BCUT2D eigenvalue weighted by Gasteiger charge is -2.37. The minimum Gasteiger partial charge on any atom is -0.379 e. The van der Waals surface area contributed by atoms with Crippen molar-refractivity contribution < 1.29 is 23.1 Å². The summed E-state index contributed by atoms with van der Waals surface area (Å²) in [6, 6.07) is 4.05. The highest BCUT2D eigenvalue weighted by Crippen LogP contribution is 2.32. The largest absolute Gasteiger partial charge is 0.379 e. The van der Waals surface area contributed by atoms with E-state index in [1.54, 1.807) is 18.2 Å². The zero-order chi connectivity index (χ0) is 20.5. The summed E-state index contributed by atoms with van der Waals surface area (Å²) in [6.07, 6.45) is 5.63. The Morgan fingerprint density at radius 3 is 2.90 bits per heavy atom. The van der Waals surface area contributed by atoms with Gasteiger partial charge in [-0.1, -0.05) is 12.1 Å². The Hall–Kier alpha value is -2.52. The van der Waals surface area contributed by atoms with Crippen molar-refractivity contribution in [3.05, 3.63) is 63.9 Å². The second-order valence-corrected chi connectivity index (χ2v) is 7.73. The van der Waals surface area contributed by atoms with Crippen molar-refractivity contribution in [2.24, 2.45) is 0 Å². The molecule has 2 unspecified atom stereocenters. The number of rotatable bonds is 3. The van der Waals surface area contributed by atoms with Crippen LogP contribution in [-0.2, 0) is 9.53 Å². The van der Waals surface area contributed by atoms with Gasteiger partial charge in [-0.15, -0.1) is 0 Å². The Kier molecular flexibility index (Phi) is 5.51. The maximum absolute atomic E-state index is 14.7. The van der Waals surface area contributed by atoms with E-state index in [9.17, 15) is 18.4 Å². The van der Waals surface area contributed by atoms with Crippen molar-refractivity contribution in [2.75, 3.05) is 13.2 Å². The highest BCUT2D eigenvalue weighted by molar-refractivity contribution is 9.12. The predicted octanol–water partition coefficient (Wildman–Crippen LogP) is 2.94. The van der Waals surface area contributed by atoms with Crippen molar-refractivity contribution in [1.82, 2.24) is 15.5 Å². The van der Waals surface area contributed by atoms with Crippen LogP contribution in [0, 0.1) is 5.82 Å². The van der Waals surface area contributed by atoms with Crippen molar-refractivity contribution in [3.8, 4) is 0 Å². The van der Waals surface area contributed by atoms with Crippen LogP contribution < -0.4 is 10.6 Å². The summed E-state index contributed by atoms with van der Waals surface area (Å²) < 4.78 is 33.9. The summed E-state index contributed by atoms with van der Waals surface area (Å²) in [4.78, 5) is 26.0. The molecule has 0 aromatic heterocycles. The van der Waals surface area contributed by atoms with Gasteiger partial charge in [0.2, 0.25) is 5.95 Å². The minimum absolute atomic E-state index is 0.0790. The lowest BCUT2D eigenvalue weighted by atomic mass is 9.97. The SMILES string of the molecule is O=C(NC1CCCOC1)c1ccc(C2=CC=CN3C(=O)C(Br)=C(F)NC23)cc1F. The number of fused-ring (bicyclic) bond motifs is 1. The molecule has 3 aliphatic rings. The normalized spacial score (nSPS) is 24.0. The summed E-state index contributed by atoms with van der Waals surface area (Å²) in [5.74, 6) is -2.53. The number of halogens is 3. The number of benzene rings is 1. The van der Waals surface area contributed by atoms with Gasteiger partial charge in [-0.25, -0.2) is 4.39 Å². The van der Waals surface area contributed by atoms with E-state index in [0.717, 1.165) is 12.8 Å². The molecule has 29 heavy (non-hydrogen) atoms. The van der Waals surface area contributed by atoms with Crippen LogP contribution in [0.5, 0.6) is 0 Å². The number of hydrogen-bond donors (Lipinski definition) is 2. The second-order valence-electron chi connectivity index (χ2n) is 6.93. The molecule has 152 valence electrons. The molecule has 1 fully saturated rings. The lowest BCUT2D eigenvalue weighted by molar-refractivity contribution is -0.126. The van der Waals surface area contributed by atoms with Crippen molar-refractivity contribution >= 4 is 33.3 Å². The summed E-state index contributed by atoms with van der Waals surface area (Å²) in [7, 11) is 0. The molecular weight excluding hydrogens is 448 g/mol. The molecule has 1 aromatic rings. The molecule has 0 radical (unpaired) electrons. The molecule has 3 heterocycles. The Morgan fingerprint density at radius 1 is 1.34 bits per heavy atom. The molecule has 1 aromatic carbocycles. The molecular formula is C20H18BrF2N3O3. The molecule has 2 N–H and O–H groups in total. The number of nitrogens with zero attached hydrogens (tertiary/aromatic N) is 1. The number of nitrogens with one attached hydrogen (secondary N) is 2. The van der Waals surface area contributed by atoms with E-state index < -0.39 is 29.7 Å². The Labute approximate surface area is 174 Å². The molecule has 3 aliphatic heterocycles. The van der Waals surface area contributed by atoms with Crippen LogP contribution in [0.25, 0.3) is 5.57 Å². The summed E-state index contributed by atoms with van der Waals surface area (Å²) in [6.45, 7) is 1.08. The monoisotopic (exact) mass is 465 g/mol. The maximum Gasteiger partial charge on any atom is 0.271 e. The lowest BCUT2D eigenvalue weighted by Crippen LogP contribution is -2.50. The maximum atomic E-state index is 14.7. The average molecular weight is 466 g/mol. The number of hydrogen-bond acceptors (Lipinski definition) is 4. The molecule has 0 aliphatic carbocycles. The van der Waals surface area contributed by atoms with Crippen molar-refractivity contribution in [3.63, 3.8) is 0 Å². The van der Waals surface area contributed by atoms with Crippen LogP contribution in [0.3, 0.4) is 0 Å². The number of ether oxygens (including phenoxy) is 1. The zero-order valence-corrected chi connectivity index (χ0v) is 16.8. The smallest absolute Gasteiger partial charge is 0.271 e. The fraction of sp³-hybridized carbons (Fsp3) is 0.300. The Bertz CT molecular complexity index is 954. The highest BCUT2D eigenvalue weighted by atomic mass is 79.9. The number of amides is 2. The molecule has 0 bridgehead atoms. The van der Waals surface area contributed by atoms with E-state index in [1.807, 2.05) is 0 Å². The predicted molar refractivity (Wildman–Crippen MR) is 106 cm³/mol. The van der Waals surface area contributed by atoms with Crippen LogP contribution in [0.15, 0.2) is 47.0 Å². The standard InChI is InChI=1S/C20H18BrF2N3O3/c21-16-17(23)25-18-13(4-1-7-26(18)20(16)28)11-5-6-14(15(22)9-11)19(27)24-12-3-2-8-29-10-12/h1,4-7,9,12,18,25H,2-3,8,10H2,(H,24,27). The highest BCUT2D eigenvalue weighted by Gasteiger charge is 2.36. The Morgan fingerprint density at radius 2 is 2.17 bits per heavy atom. The second kappa shape index (κ2) is 8.08.